The molecule has 1 aromatic carbocycles. The molecule has 1 unspecified atom stereocenters. The van der Waals surface area contributed by atoms with Crippen LogP contribution in [0.1, 0.15) is 33.1 Å². The van der Waals surface area contributed by atoms with E-state index in [9.17, 15) is 9.59 Å². The number of carbonyl (C=O) groups excluding carboxylic acids is 2. The van der Waals surface area contributed by atoms with Crippen LogP contribution in [0.4, 0.5) is 0 Å². The normalized spacial score (nSPS) is 22.4. The molecule has 112 valence electrons. The fourth-order valence-electron chi connectivity index (χ4n) is 2.63. The quantitative estimate of drug-likeness (QED) is 0.464. The van der Waals surface area contributed by atoms with Crippen LogP contribution in [0.15, 0.2) is 40.9 Å². The van der Waals surface area contributed by atoms with E-state index in [1.165, 1.54) is 4.46 Å². The Morgan fingerprint density at radius 3 is 2.67 bits per heavy atom. The average Bonchev–Trinajstić information content (AvgIpc) is 2.82. The summed E-state index contributed by atoms with van der Waals surface area (Å²) in [5.74, 6) is -0.375. The molecule has 0 bridgehead atoms. The molecule has 2 rings (SSSR count). The van der Waals surface area contributed by atoms with Crippen LogP contribution in [-0.2, 0) is 14.3 Å². The molecule has 4 heteroatoms. The van der Waals surface area contributed by atoms with Gasteiger partial charge < -0.3 is 0 Å². The summed E-state index contributed by atoms with van der Waals surface area (Å²) in [6.45, 7) is 4.08. The first-order chi connectivity index (χ1) is 10.1. The molecule has 0 amide bonds. The summed E-state index contributed by atoms with van der Waals surface area (Å²) in [6, 6.07) is 10.1. The average molecular weight is 351 g/mol. The molecule has 21 heavy (non-hydrogen) atoms. The Morgan fingerprint density at radius 2 is 2.10 bits per heavy atom. The van der Waals surface area contributed by atoms with Crippen molar-refractivity contribution in [3.8, 4) is 0 Å². The molecule has 0 aromatic heterocycles. The maximum absolute atomic E-state index is 12.3. The Bertz CT molecular complexity index is 550. The van der Waals surface area contributed by atoms with Gasteiger partial charge in [0.2, 0.25) is 0 Å². The number of rotatable bonds is 5. The van der Waals surface area contributed by atoms with Crippen molar-refractivity contribution in [1.29, 1.82) is 0 Å². The van der Waals surface area contributed by atoms with Gasteiger partial charge in [0, 0.05) is 0 Å². The molecule has 1 aromatic rings. The second-order valence-corrected chi connectivity index (χ2v) is 7.91. The van der Waals surface area contributed by atoms with E-state index in [2.05, 4.69) is 12.1 Å². The molecule has 0 N–H and O–H groups in total. The van der Waals surface area contributed by atoms with E-state index in [-0.39, 0.29) is 26.7 Å². The van der Waals surface area contributed by atoms with Crippen LogP contribution in [-0.4, -0.2) is 33.3 Å². The molecule has 1 saturated carbocycles. The van der Waals surface area contributed by atoms with Crippen molar-refractivity contribution in [3.05, 3.63) is 40.9 Å². The first-order valence-electron chi connectivity index (χ1n) is 7.21. The summed E-state index contributed by atoms with van der Waals surface area (Å²) >= 11 is 0.129. The summed E-state index contributed by atoms with van der Waals surface area (Å²) < 4.78 is 7.49. The van der Waals surface area contributed by atoms with Gasteiger partial charge in [-0.15, -0.1) is 0 Å². The molecule has 0 heterocycles. The number of allylic oxidation sites excluding steroid dienone is 1. The predicted octanol–water partition coefficient (Wildman–Crippen LogP) is 2.22. The van der Waals surface area contributed by atoms with Gasteiger partial charge in [-0.1, -0.05) is 0 Å². The van der Waals surface area contributed by atoms with Crippen LogP contribution in [0.5, 0.6) is 0 Å². The SMILES string of the molecule is CCOC(=O)C1(/C=C(/C)[Se]c2ccccc2)CCCC1=O. The Morgan fingerprint density at radius 1 is 1.38 bits per heavy atom. The number of hydrogen-bond donors (Lipinski definition) is 0. The zero-order valence-electron chi connectivity index (χ0n) is 12.4. The van der Waals surface area contributed by atoms with Gasteiger partial charge in [-0.2, -0.15) is 0 Å². The summed E-state index contributed by atoms with van der Waals surface area (Å²) in [5, 5.41) is 0. The third-order valence-corrected chi connectivity index (χ3v) is 5.57. The monoisotopic (exact) mass is 352 g/mol. The standard InChI is InChI=1S/C17H20O3Se/c1-3-20-16(19)17(11-7-10-15(17)18)12-13(2)21-14-8-5-4-6-9-14/h4-6,8-9,12H,3,7,10-11H2,1-2H3/b13-12-. The number of carbonyl (C=O) groups is 2. The molecule has 1 aliphatic carbocycles. The van der Waals surface area contributed by atoms with Crippen LogP contribution < -0.4 is 4.46 Å². The van der Waals surface area contributed by atoms with Gasteiger partial charge in [0.1, 0.15) is 0 Å². The topological polar surface area (TPSA) is 43.4 Å². The maximum atomic E-state index is 12.3. The van der Waals surface area contributed by atoms with Crippen LogP contribution in [0, 0.1) is 5.41 Å². The van der Waals surface area contributed by atoms with Gasteiger partial charge in [-0.05, 0) is 0 Å². The van der Waals surface area contributed by atoms with E-state index in [1.54, 1.807) is 6.92 Å². The number of ketones is 1. The molecule has 3 nitrogen and oxygen atoms in total. The van der Waals surface area contributed by atoms with Gasteiger partial charge in [-0.3, -0.25) is 0 Å². The number of esters is 1. The molecule has 1 atom stereocenters. The van der Waals surface area contributed by atoms with Gasteiger partial charge in [-0.25, -0.2) is 0 Å². The zero-order valence-corrected chi connectivity index (χ0v) is 14.1. The van der Waals surface area contributed by atoms with E-state index in [0.29, 0.717) is 19.4 Å². The Kier molecular flexibility index (Phi) is 5.38. The van der Waals surface area contributed by atoms with Gasteiger partial charge >= 0.3 is 132 Å². The Labute approximate surface area is 131 Å². The number of hydrogen-bond acceptors (Lipinski definition) is 3. The van der Waals surface area contributed by atoms with Crippen molar-refractivity contribution in [2.75, 3.05) is 6.61 Å². The van der Waals surface area contributed by atoms with E-state index in [0.717, 1.165) is 10.9 Å². The summed E-state index contributed by atoms with van der Waals surface area (Å²) in [4.78, 5) is 24.5. The number of Topliss-reactive ketones (excluding diaryl/α,β-unsaturated/α-hetero) is 1. The third kappa shape index (κ3) is 3.63. The molecule has 0 saturated heterocycles. The second kappa shape index (κ2) is 7.06. The molecular formula is C17H20O3Se. The van der Waals surface area contributed by atoms with Crippen LogP contribution in [0.3, 0.4) is 0 Å². The minimum absolute atomic E-state index is 0.00385. The Balaban J connectivity index is 2.24. The van der Waals surface area contributed by atoms with Crippen molar-refractivity contribution in [3.63, 3.8) is 0 Å². The van der Waals surface area contributed by atoms with Crippen molar-refractivity contribution < 1.29 is 14.3 Å². The van der Waals surface area contributed by atoms with E-state index in [1.807, 2.05) is 31.2 Å². The fraction of sp³-hybridized carbons (Fsp3) is 0.412. The molecule has 0 spiro atoms. The fourth-order valence-corrected chi connectivity index (χ4v) is 4.57. The zero-order chi connectivity index (χ0) is 15.3. The molecule has 1 fully saturated rings. The summed E-state index contributed by atoms with van der Waals surface area (Å²) in [5.41, 5.74) is -1.03. The van der Waals surface area contributed by atoms with Crippen LogP contribution >= 0.6 is 0 Å². The third-order valence-electron chi connectivity index (χ3n) is 3.58. The molecule has 0 aliphatic heterocycles. The van der Waals surface area contributed by atoms with Crippen molar-refractivity contribution in [2.24, 2.45) is 5.41 Å². The second-order valence-electron chi connectivity index (χ2n) is 5.14. The van der Waals surface area contributed by atoms with Gasteiger partial charge in [0.05, 0.1) is 0 Å². The van der Waals surface area contributed by atoms with E-state index >= 15 is 0 Å². The first kappa shape index (κ1) is 16.0. The molecule has 0 radical (unpaired) electrons. The van der Waals surface area contributed by atoms with Crippen molar-refractivity contribution >= 4 is 31.2 Å². The van der Waals surface area contributed by atoms with Gasteiger partial charge in [0.15, 0.2) is 0 Å². The van der Waals surface area contributed by atoms with Crippen molar-refractivity contribution in [1.82, 2.24) is 0 Å². The van der Waals surface area contributed by atoms with Gasteiger partial charge in [0.25, 0.3) is 0 Å². The van der Waals surface area contributed by atoms with E-state index in [4.69, 9.17) is 4.74 Å². The minimum atomic E-state index is -1.03. The number of ether oxygens (including phenoxy) is 1. The van der Waals surface area contributed by atoms with E-state index < -0.39 is 5.41 Å². The number of benzene rings is 1. The Hall–Kier alpha value is -1.38. The van der Waals surface area contributed by atoms with Crippen molar-refractivity contribution in [2.45, 2.75) is 33.1 Å². The summed E-state index contributed by atoms with van der Waals surface area (Å²) in [7, 11) is 0. The van der Waals surface area contributed by atoms with Crippen LogP contribution in [0.25, 0.3) is 0 Å². The first-order valence-corrected chi connectivity index (χ1v) is 8.92. The summed E-state index contributed by atoms with van der Waals surface area (Å²) in [6.07, 6.45) is 3.68. The van der Waals surface area contributed by atoms with Crippen LogP contribution in [0.2, 0.25) is 0 Å². The predicted molar refractivity (Wildman–Crippen MR) is 83.5 cm³/mol. The molecular weight excluding hydrogens is 331 g/mol. The molecule has 1 aliphatic rings.